The van der Waals surface area contributed by atoms with Gasteiger partial charge in [-0.1, -0.05) is 6.92 Å². The van der Waals surface area contributed by atoms with E-state index in [0.29, 0.717) is 0 Å². The molecular weight excluding hydrogens is 372 g/mol. The van der Waals surface area contributed by atoms with Crippen molar-refractivity contribution in [3.05, 3.63) is 39.0 Å². The lowest BCUT2D eigenvalue weighted by atomic mass is 9.96. The Kier molecular flexibility index (Phi) is 6.02. The van der Waals surface area contributed by atoms with E-state index in [9.17, 15) is 0 Å². The summed E-state index contributed by atoms with van der Waals surface area (Å²) in [5.41, 5.74) is 2.33. The molecule has 0 aliphatic carbocycles. The maximum Gasteiger partial charge on any atom is 0.0926 e. The number of halogens is 1. The minimum Gasteiger partial charge on any atom is -0.383 e. The smallest absolute Gasteiger partial charge is 0.0926 e. The number of pyridine rings is 1. The van der Waals surface area contributed by atoms with Gasteiger partial charge in [0, 0.05) is 29.1 Å². The number of hydrogen-bond acceptors (Lipinski definition) is 5. The fourth-order valence-corrected chi connectivity index (χ4v) is 4.03. The number of nitrogens with zero attached hydrogens (tertiary/aromatic N) is 3. The first-order chi connectivity index (χ1) is 11.2. The van der Waals surface area contributed by atoms with Crippen LogP contribution in [0.1, 0.15) is 30.5 Å². The number of thiazole rings is 1. The molecule has 0 amide bonds. The summed E-state index contributed by atoms with van der Waals surface area (Å²) in [7, 11) is 0. The van der Waals surface area contributed by atoms with Crippen LogP contribution in [0.2, 0.25) is 0 Å². The van der Waals surface area contributed by atoms with Gasteiger partial charge in [-0.15, -0.1) is 11.3 Å². The van der Waals surface area contributed by atoms with Crippen molar-refractivity contribution in [2.24, 2.45) is 5.92 Å². The molecule has 1 N–H and O–H groups in total. The number of hydrogen-bond donors (Lipinski definition) is 1. The molecule has 0 radical (unpaired) electrons. The van der Waals surface area contributed by atoms with E-state index < -0.39 is 0 Å². The second kappa shape index (κ2) is 8.22. The summed E-state index contributed by atoms with van der Waals surface area (Å²) >= 11 is 5.25. The van der Waals surface area contributed by atoms with E-state index in [0.717, 1.165) is 35.6 Å². The van der Waals surface area contributed by atoms with Crippen LogP contribution in [0.3, 0.4) is 0 Å². The van der Waals surface area contributed by atoms with Crippen molar-refractivity contribution in [2.75, 3.05) is 25.0 Å². The largest absolute Gasteiger partial charge is 0.383 e. The Labute approximate surface area is 150 Å². The van der Waals surface area contributed by atoms with Crippen LogP contribution in [0.5, 0.6) is 0 Å². The first-order valence-corrected chi connectivity index (χ1v) is 9.90. The van der Waals surface area contributed by atoms with Gasteiger partial charge >= 0.3 is 0 Å². The molecule has 23 heavy (non-hydrogen) atoms. The fourth-order valence-electron chi connectivity index (χ4n) is 2.93. The van der Waals surface area contributed by atoms with E-state index in [-0.39, 0.29) is 0 Å². The highest BCUT2D eigenvalue weighted by Crippen LogP contribution is 2.21. The van der Waals surface area contributed by atoms with Crippen LogP contribution >= 0.6 is 27.3 Å². The molecule has 3 rings (SSSR count). The summed E-state index contributed by atoms with van der Waals surface area (Å²) in [4.78, 5) is 11.4. The van der Waals surface area contributed by atoms with E-state index in [2.05, 4.69) is 54.5 Å². The molecule has 124 valence electrons. The zero-order valence-electron chi connectivity index (χ0n) is 13.5. The molecule has 0 atom stereocenters. The second-order valence-electron chi connectivity index (χ2n) is 6.08. The lowest BCUT2D eigenvalue weighted by molar-refractivity contribution is 0.181. The summed E-state index contributed by atoms with van der Waals surface area (Å²) in [5.74, 6) is 0.742. The number of nitrogens with one attached hydrogen (secondary N) is 1. The molecule has 6 heteroatoms. The Balaban J connectivity index is 1.41. The molecule has 0 aromatic carbocycles. The third-order valence-electron chi connectivity index (χ3n) is 4.29. The third kappa shape index (κ3) is 4.99. The van der Waals surface area contributed by atoms with E-state index in [1.54, 1.807) is 11.3 Å². The van der Waals surface area contributed by atoms with Crippen molar-refractivity contribution in [3.8, 4) is 0 Å². The standard InChI is InChI=1S/C17H23BrN4S/c1-2-17-21-16(12-23-17)11-22-5-3-13(4-6-22)8-20-15-7-14(18)9-19-10-15/h7,9-10,12-13,20H,2-6,8,11H2,1H3. The van der Waals surface area contributed by atoms with Gasteiger partial charge in [0.15, 0.2) is 0 Å². The molecule has 4 nitrogen and oxygen atoms in total. The lowest BCUT2D eigenvalue weighted by Crippen LogP contribution is -2.35. The van der Waals surface area contributed by atoms with E-state index in [4.69, 9.17) is 0 Å². The second-order valence-corrected chi connectivity index (χ2v) is 7.94. The van der Waals surface area contributed by atoms with Crippen molar-refractivity contribution < 1.29 is 0 Å². The highest BCUT2D eigenvalue weighted by molar-refractivity contribution is 9.10. The molecule has 1 aliphatic heterocycles. The molecule has 1 saturated heterocycles. The van der Waals surface area contributed by atoms with Crippen LogP contribution in [0.15, 0.2) is 28.3 Å². The molecule has 2 aromatic heterocycles. The molecule has 1 fully saturated rings. The third-order valence-corrected chi connectivity index (χ3v) is 5.77. The Morgan fingerprint density at radius 1 is 1.35 bits per heavy atom. The predicted molar refractivity (Wildman–Crippen MR) is 99.9 cm³/mol. The fraction of sp³-hybridized carbons (Fsp3) is 0.529. The average Bonchev–Trinajstić information content (AvgIpc) is 3.02. The molecular formula is C17H23BrN4S. The molecule has 0 bridgehead atoms. The number of piperidine rings is 1. The lowest BCUT2D eigenvalue weighted by Gasteiger charge is -2.31. The van der Waals surface area contributed by atoms with E-state index in [1.165, 1.54) is 36.6 Å². The first-order valence-electron chi connectivity index (χ1n) is 8.23. The van der Waals surface area contributed by atoms with Crippen LogP contribution in [-0.4, -0.2) is 34.5 Å². The Morgan fingerprint density at radius 3 is 2.87 bits per heavy atom. The topological polar surface area (TPSA) is 41.1 Å². The van der Waals surface area contributed by atoms with Gasteiger partial charge < -0.3 is 5.32 Å². The predicted octanol–water partition coefficient (Wildman–Crippen LogP) is 4.19. The van der Waals surface area contributed by atoms with Crippen LogP contribution in [0.25, 0.3) is 0 Å². The summed E-state index contributed by atoms with van der Waals surface area (Å²) < 4.78 is 1.02. The van der Waals surface area contributed by atoms with Gasteiger partial charge in [-0.25, -0.2) is 4.98 Å². The summed E-state index contributed by atoms with van der Waals surface area (Å²) in [6.07, 6.45) is 7.24. The molecule has 2 aromatic rings. The highest BCUT2D eigenvalue weighted by Gasteiger charge is 2.19. The first kappa shape index (κ1) is 16.9. The minimum atomic E-state index is 0.742. The maximum atomic E-state index is 4.68. The van der Waals surface area contributed by atoms with Crippen LogP contribution < -0.4 is 5.32 Å². The number of aryl methyl sites for hydroxylation is 1. The zero-order chi connectivity index (χ0) is 16.1. The molecule has 1 aliphatic rings. The number of aromatic nitrogens is 2. The minimum absolute atomic E-state index is 0.742. The highest BCUT2D eigenvalue weighted by atomic mass is 79.9. The van der Waals surface area contributed by atoms with Crippen molar-refractivity contribution in [3.63, 3.8) is 0 Å². The summed E-state index contributed by atoms with van der Waals surface area (Å²) in [5, 5.41) is 6.98. The van der Waals surface area contributed by atoms with Gasteiger partial charge in [0.2, 0.25) is 0 Å². The zero-order valence-corrected chi connectivity index (χ0v) is 15.9. The number of anilines is 1. The Hall–Kier alpha value is -0.980. The maximum absolute atomic E-state index is 4.68. The van der Waals surface area contributed by atoms with Crippen LogP contribution in [0.4, 0.5) is 5.69 Å². The van der Waals surface area contributed by atoms with Gasteiger partial charge in [-0.2, -0.15) is 0 Å². The monoisotopic (exact) mass is 394 g/mol. The Bertz CT molecular complexity index is 623. The van der Waals surface area contributed by atoms with Crippen LogP contribution in [-0.2, 0) is 13.0 Å². The summed E-state index contributed by atoms with van der Waals surface area (Å²) in [6.45, 7) is 6.54. The molecule has 0 spiro atoms. The Morgan fingerprint density at radius 2 is 2.17 bits per heavy atom. The number of likely N-dealkylation sites (tertiary alicyclic amines) is 1. The van der Waals surface area contributed by atoms with Crippen molar-refractivity contribution in [1.29, 1.82) is 0 Å². The van der Waals surface area contributed by atoms with Gasteiger partial charge in [0.25, 0.3) is 0 Å². The molecule has 3 heterocycles. The normalized spacial score (nSPS) is 16.6. The SMILES string of the molecule is CCc1nc(CN2CCC(CNc3cncc(Br)c3)CC2)cs1. The van der Waals surface area contributed by atoms with Gasteiger partial charge in [0.05, 0.1) is 22.6 Å². The van der Waals surface area contributed by atoms with E-state index >= 15 is 0 Å². The van der Waals surface area contributed by atoms with Gasteiger partial charge in [0.1, 0.15) is 0 Å². The van der Waals surface area contributed by atoms with Crippen molar-refractivity contribution in [2.45, 2.75) is 32.7 Å². The summed E-state index contributed by atoms with van der Waals surface area (Å²) in [6, 6.07) is 2.08. The van der Waals surface area contributed by atoms with Crippen molar-refractivity contribution >= 4 is 33.0 Å². The van der Waals surface area contributed by atoms with Gasteiger partial charge in [-0.3, -0.25) is 9.88 Å². The van der Waals surface area contributed by atoms with E-state index in [1.807, 2.05) is 12.4 Å². The quantitative estimate of drug-likeness (QED) is 0.797. The molecule has 0 saturated carbocycles. The van der Waals surface area contributed by atoms with Gasteiger partial charge in [-0.05, 0) is 60.3 Å². The van der Waals surface area contributed by atoms with Crippen LogP contribution in [0, 0.1) is 5.92 Å². The molecule has 0 unspecified atom stereocenters. The van der Waals surface area contributed by atoms with Crippen molar-refractivity contribution in [1.82, 2.24) is 14.9 Å². The number of rotatable bonds is 6. The average molecular weight is 395 g/mol.